The van der Waals surface area contributed by atoms with E-state index in [4.69, 9.17) is 4.74 Å². The zero-order chi connectivity index (χ0) is 13.7. The lowest BCUT2D eigenvalue weighted by Gasteiger charge is -2.32. The lowest BCUT2D eigenvalue weighted by Crippen LogP contribution is -2.40. The minimum Gasteiger partial charge on any atom is -0.388 e. The van der Waals surface area contributed by atoms with Crippen molar-refractivity contribution < 1.29 is 9.84 Å². The van der Waals surface area contributed by atoms with E-state index in [0.29, 0.717) is 6.10 Å². The molecule has 0 spiro atoms. The summed E-state index contributed by atoms with van der Waals surface area (Å²) in [5, 5.41) is 10.3. The standard InChI is InChI=1S/C15H22BrNO2/c1-19-12-5-4-9-17(11-12)10-8-15(18)13-6-2-3-7-14(13)16/h2-3,6-7,12,15,18H,4-5,8-11H2,1H3. The van der Waals surface area contributed by atoms with Crippen LogP contribution in [0.15, 0.2) is 28.7 Å². The van der Waals surface area contributed by atoms with E-state index in [-0.39, 0.29) is 0 Å². The summed E-state index contributed by atoms with van der Waals surface area (Å²) in [7, 11) is 1.78. The van der Waals surface area contributed by atoms with E-state index in [1.807, 2.05) is 24.3 Å². The molecule has 19 heavy (non-hydrogen) atoms. The van der Waals surface area contributed by atoms with Gasteiger partial charge in [-0.1, -0.05) is 34.1 Å². The second kappa shape index (κ2) is 7.39. The first-order chi connectivity index (χ1) is 9.20. The number of hydrogen-bond donors (Lipinski definition) is 1. The summed E-state index contributed by atoms with van der Waals surface area (Å²) in [6.07, 6.45) is 3.05. The summed E-state index contributed by atoms with van der Waals surface area (Å²) in [6.45, 7) is 3.02. The molecule has 0 aromatic heterocycles. The van der Waals surface area contributed by atoms with E-state index in [2.05, 4.69) is 20.8 Å². The summed E-state index contributed by atoms with van der Waals surface area (Å²) in [5.74, 6) is 0. The third kappa shape index (κ3) is 4.28. The van der Waals surface area contributed by atoms with Gasteiger partial charge in [-0.3, -0.25) is 0 Å². The molecule has 1 fully saturated rings. The first kappa shape index (κ1) is 15.0. The van der Waals surface area contributed by atoms with Gasteiger partial charge in [-0.15, -0.1) is 0 Å². The Morgan fingerprint density at radius 1 is 1.47 bits per heavy atom. The number of methoxy groups -OCH3 is 1. The molecular formula is C15H22BrNO2. The largest absolute Gasteiger partial charge is 0.388 e. The Hall–Kier alpha value is -0.420. The number of piperidine rings is 1. The van der Waals surface area contributed by atoms with Gasteiger partial charge in [0.1, 0.15) is 0 Å². The van der Waals surface area contributed by atoms with Crippen LogP contribution in [-0.4, -0.2) is 42.9 Å². The third-order valence-corrected chi connectivity index (χ3v) is 4.50. The van der Waals surface area contributed by atoms with E-state index in [1.54, 1.807) is 7.11 Å². The lowest BCUT2D eigenvalue weighted by molar-refractivity contribution is 0.0255. The van der Waals surface area contributed by atoms with Crippen molar-refractivity contribution in [2.24, 2.45) is 0 Å². The number of hydrogen-bond acceptors (Lipinski definition) is 3. The smallest absolute Gasteiger partial charge is 0.0813 e. The van der Waals surface area contributed by atoms with Gasteiger partial charge in [0.2, 0.25) is 0 Å². The normalized spacial score (nSPS) is 22.4. The van der Waals surface area contributed by atoms with Crippen molar-refractivity contribution in [3.05, 3.63) is 34.3 Å². The van der Waals surface area contributed by atoms with Crippen LogP contribution < -0.4 is 0 Å². The Labute approximate surface area is 123 Å². The minimum atomic E-state index is -0.404. The van der Waals surface area contributed by atoms with Crippen molar-refractivity contribution in [3.8, 4) is 0 Å². The first-order valence-electron chi connectivity index (χ1n) is 6.88. The molecule has 1 heterocycles. The second-order valence-electron chi connectivity index (χ2n) is 5.13. The number of nitrogens with zero attached hydrogens (tertiary/aromatic N) is 1. The third-order valence-electron chi connectivity index (χ3n) is 3.78. The number of rotatable bonds is 5. The van der Waals surface area contributed by atoms with Gasteiger partial charge in [0.05, 0.1) is 12.2 Å². The monoisotopic (exact) mass is 327 g/mol. The maximum absolute atomic E-state index is 10.3. The zero-order valence-electron chi connectivity index (χ0n) is 11.4. The van der Waals surface area contributed by atoms with Crippen LogP contribution in [0.2, 0.25) is 0 Å². The molecule has 3 nitrogen and oxygen atoms in total. The van der Waals surface area contributed by atoms with E-state index < -0.39 is 6.10 Å². The fourth-order valence-corrected chi connectivity index (χ4v) is 3.16. The highest BCUT2D eigenvalue weighted by molar-refractivity contribution is 9.10. The van der Waals surface area contributed by atoms with E-state index in [1.165, 1.54) is 6.42 Å². The number of benzene rings is 1. The predicted octanol–water partition coefficient (Wildman–Crippen LogP) is 2.98. The van der Waals surface area contributed by atoms with Crippen molar-refractivity contribution in [2.45, 2.75) is 31.5 Å². The number of aliphatic hydroxyl groups is 1. The van der Waals surface area contributed by atoms with Gasteiger partial charge in [0.15, 0.2) is 0 Å². The SMILES string of the molecule is COC1CCCN(CCC(O)c2ccccc2Br)C1. The van der Waals surface area contributed by atoms with E-state index in [9.17, 15) is 5.11 Å². The molecule has 0 radical (unpaired) electrons. The zero-order valence-corrected chi connectivity index (χ0v) is 13.0. The molecule has 1 N–H and O–H groups in total. The van der Waals surface area contributed by atoms with Crippen LogP contribution in [0.3, 0.4) is 0 Å². The van der Waals surface area contributed by atoms with Crippen molar-refractivity contribution in [1.82, 2.24) is 4.90 Å². The molecule has 2 unspecified atom stereocenters. The summed E-state index contributed by atoms with van der Waals surface area (Å²) < 4.78 is 6.40. The van der Waals surface area contributed by atoms with Crippen LogP contribution >= 0.6 is 15.9 Å². The molecule has 1 saturated heterocycles. The van der Waals surface area contributed by atoms with Crippen LogP contribution in [0.1, 0.15) is 30.9 Å². The molecule has 1 aliphatic rings. The quantitative estimate of drug-likeness (QED) is 0.902. The fourth-order valence-electron chi connectivity index (χ4n) is 2.61. The number of halogens is 1. The first-order valence-corrected chi connectivity index (χ1v) is 7.67. The Balaban J connectivity index is 1.83. The summed E-state index contributed by atoms with van der Waals surface area (Å²) in [5.41, 5.74) is 0.975. The Kier molecular flexibility index (Phi) is 5.82. The van der Waals surface area contributed by atoms with Crippen LogP contribution in [0.4, 0.5) is 0 Å². The van der Waals surface area contributed by atoms with Crippen molar-refractivity contribution in [2.75, 3.05) is 26.7 Å². The fraction of sp³-hybridized carbons (Fsp3) is 0.600. The number of ether oxygens (including phenoxy) is 1. The van der Waals surface area contributed by atoms with Gasteiger partial charge in [0.25, 0.3) is 0 Å². The molecule has 106 valence electrons. The summed E-state index contributed by atoms with van der Waals surface area (Å²) >= 11 is 3.49. The summed E-state index contributed by atoms with van der Waals surface area (Å²) in [4.78, 5) is 2.39. The molecule has 0 aliphatic carbocycles. The van der Waals surface area contributed by atoms with Gasteiger partial charge < -0.3 is 14.7 Å². The summed E-state index contributed by atoms with van der Waals surface area (Å²) in [6, 6.07) is 7.88. The van der Waals surface area contributed by atoms with Gasteiger partial charge in [-0.25, -0.2) is 0 Å². The predicted molar refractivity (Wildman–Crippen MR) is 80.2 cm³/mol. The molecule has 0 saturated carbocycles. The highest BCUT2D eigenvalue weighted by Gasteiger charge is 2.20. The number of likely N-dealkylation sites (tertiary alicyclic amines) is 1. The average Bonchev–Trinajstić information content (AvgIpc) is 2.45. The Morgan fingerprint density at radius 2 is 2.26 bits per heavy atom. The minimum absolute atomic E-state index is 0.356. The van der Waals surface area contributed by atoms with Crippen molar-refractivity contribution in [1.29, 1.82) is 0 Å². The Bertz CT molecular complexity index is 399. The highest BCUT2D eigenvalue weighted by atomic mass is 79.9. The molecule has 0 bridgehead atoms. The van der Waals surface area contributed by atoms with E-state index >= 15 is 0 Å². The average molecular weight is 328 g/mol. The molecule has 1 aromatic rings. The highest BCUT2D eigenvalue weighted by Crippen LogP contribution is 2.25. The van der Waals surface area contributed by atoms with Gasteiger partial charge in [-0.05, 0) is 37.4 Å². The molecule has 4 heteroatoms. The Morgan fingerprint density at radius 3 is 3.00 bits per heavy atom. The van der Waals surface area contributed by atoms with Gasteiger partial charge >= 0.3 is 0 Å². The second-order valence-corrected chi connectivity index (χ2v) is 5.98. The van der Waals surface area contributed by atoms with E-state index in [0.717, 1.165) is 42.5 Å². The lowest BCUT2D eigenvalue weighted by atomic mass is 10.0. The molecular weight excluding hydrogens is 306 g/mol. The van der Waals surface area contributed by atoms with Crippen LogP contribution in [-0.2, 0) is 4.74 Å². The van der Waals surface area contributed by atoms with Crippen LogP contribution in [0, 0.1) is 0 Å². The van der Waals surface area contributed by atoms with Gasteiger partial charge in [0, 0.05) is 24.7 Å². The van der Waals surface area contributed by atoms with Crippen molar-refractivity contribution in [3.63, 3.8) is 0 Å². The topological polar surface area (TPSA) is 32.7 Å². The molecule has 2 rings (SSSR count). The maximum Gasteiger partial charge on any atom is 0.0813 e. The molecule has 1 aromatic carbocycles. The molecule has 0 amide bonds. The van der Waals surface area contributed by atoms with Gasteiger partial charge in [-0.2, -0.15) is 0 Å². The van der Waals surface area contributed by atoms with Crippen LogP contribution in [0.25, 0.3) is 0 Å². The molecule has 1 aliphatic heterocycles. The van der Waals surface area contributed by atoms with Crippen LogP contribution in [0.5, 0.6) is 0 Å². The maximum atomic E-state index is 10.3. The number of aliphatic hydroxyl groups excluding tert-OH is 1. The molecule has 2 atom stereocenters. The van der Waals surface area contributed by atoms with Crippen molar-refractivity contribution >= 4 is 15.9 Å².